The molecule has 2 aromatic rings. The fourth-order valence-electron chi connectivity index (χ4n) is 3.07. The first kappa shape index (κ1) is 18.7. The van der Waals surface area contributed by atoms with Gasteiger partial charge < -0.3 is 19.3 Å². The minimum absolute atomic E-state index is 0. The van der Waals surface area contributed by atoms with E-state index in [4.69, 9.17) is 14.0 Å². The van der Waals surface area contributed by atoms with Crippen LogP contribution in [0.15, 0.2) is 28.8 Å². The van der Waals surface area contributed by atoms with E-state index >= 15 is 0 Å². The van der Waals surface area contributed by atoms with Crippen molar-refractivity contribution in [2.45, 2.75) is 24.7 Å². The number of methoxy groups -OCH3 is 2. The fourth-order valence-corrected chi connectivity index (χ4v) is 3.07. The average Bonchev–Trinajstić information content (AvgIpc) is 3.06. The Kier molecular flexibility index (Phi) is 6.60. The van der Waals surface area contributed by atoms with Gasteiger partial charge in [0.1, 0.15) is 5.75 Å². The van der Waals surface area contributed by atoms with Gasteiger partial charge in [0.15, 0.2) is 5.82 Å². The van der Waals surface area contributed by atoms with Crippen LogP contribution in [0.1, 0.15) is 30.1 Å². The molecule has 0 spiro atoms. The van der Waals surface area contributed by atoms with Crippen molar-refractivity contribution >= 4 is 12.4 Å². The number of ether oxygens (including phenoxy) is 2. The second-order valence-electron chi connectivity index (χ2n) is 6.00. The van der Waals surface area contributed by atoms with Gasteiger partial charge in [-0.1, -0.05) is 17.3 Å². The monoisotopic (exact) mass is 353 g/mol. The Labute approximate surface area is 148 Å². The molecule has 0 radical (unpaired) electrons. The summed E-state index contributed by atoms with van der Waals surface area (Å²) in [6.07, 6.45) is 2.55. The number of nitrogens with zero attached hydrogens (tertiary/aromatic N) is 2. The van der Waals surface area contributed by atoms with E-state index in [2.05, 4.69) is 15.5 Å². The quantitative estimate of drug-likeness (QED) is 0.859. The molecule has 1 aromatic heterocycles. The Morgan fingerprint density at radius 3 is 2.50 bits per heavy atom. The molecule has 7 heteroatoms. The number of nitrogens with one attached hydrogen (secondary N) is 1. The summed E-state index contributed by atoms with van der Waals surface area (Å²) in [7, 11) is 3.38. The number of hydrogen-bond donors (Lipinski definition) is 1. The van der Waals surface area contributed by atoms with Gasteiger partial charge in [0.25, 0.3) is 0 Å². The highest BCUT2D eigenvalue weighted by atomic mass is 35.5. The van der Waals surface area contributed by atoms with E-state index in [0.29, 0.717) is 24.7 Å². The Bertz CT molecular complexity index is 619. The molecule has 2 heterocycles. The van der Waals surface area contributed by atoms with Crippen molar-refractivity contribution in [3.8, 4) is 5.75 Å². The third-order valence-electron chi connectivity index (χ3n) is 4.42. The highest BCUT2D eigenvalue weighted by Gasteiger charge is 2.39. The van der Waals surface area contributed by atoms with Gasteiger partial charge in [-0.05, 0) is 43.6 Å². The molecule has 0 unspecified atom stereocenters. The van der Waals surface area contributed by atoms with Crippen molar-refractivity contribution in [3.63, 3.8) is 0 Å². The zero-order chi connectivity index (χ0) is 16.1. The van der Waals surface area contributed by atoms with Crippen LogP contribution in [0.3, 0.4) is 0 Å². The number of piperidine rings is 1. The summed E-state index contributed by atoms with van der Waals surface area (Å²) in [4.78, 5) is 4.65. The highest BCUT2D eigenvalue weighted by Crippen LogP contribution is 2.32. The molecule has 1 aliphatic rings. The van der Waals surface area contributed by atoms with Crippen molar-refractivity contribution < 1.29 is 14.0 Å². The van der Waals surface area contributed by atoms with Crippen molar-refractivity contribution in [1.82, 2.24) is 15.5 Å². The first-order chi connectivity index (χ1) is 11.3. The van der Waals surface area contributed by atoms with Gasteiger partial charge in [-0.25, -0.2) is 0 Å². The molecule has 3 rings (SSSR count). The van der Waals surface area contributed by atoms with E-state index in [1.807, 2.05) is 24.3 Å². The van der Waals surface area contributed by atoms with E-state index in [9.17, 15) is 0 Å². The minimum atomic E-state index is -0.162. The third kappa shape index (κ3) is 4.06. The lowest BCUT2D eigenvalue weighted by molar-refractivity contribution is 0.0849. The number of rotatable bonds is 6. The van der Waals surface area contributed by atoms with Crippen LogP contribution in [0.25, 0.3) is 0 Å². The Morgan fingerprint density at radius 2 is 1.88 bits per heavy atom. The minimum Gasteiger partial charge on any atom is -0.497 e. The second-order valence-corrected chi connectivity index (χ2v) is 6.00. The van der Waals surface area contributed by atoms with Crippen LogP contribution in [0.2, 0.25) is 0 Å². The van der Waals surface area contributed by atoms with Gasteiger partial charge in [-0.3, -0.25) is 0 Å². The number of hydrogen-bond acceptors (Lipinski definition) is 6. The Morgan fingerprint density at radius 1 is 1.17 bits per heavy atom. The summed E-state index contributed by atoms with van der Waals surface area (Å²) in [5.41, 5.74) is 0.967. The lowest BCUT2D eigenvalue weighted by Crippen LogP contribution is -2.43. The maximum absolute atomic E-state index is 5.58. The first-order valence-electron chi connectivity index (χ1n) is 7.91. The average molecular weight is 354 g/mol. The van der Waals surface area contributed by atoms with E-state index in [1.54, 1.807) is 14.2 Å². The van der Waals surface area contributed by atoms with Crippen LogP contribution < -0.4 is 10.1 Å². The topological polar surface area (TPSA) is 69.4 Å². The normalized spacial score (nSPS) is 16.4. The molecule has 24 heavy (non-hydrogen) atoms. The predicted molar refractivity (Wildman–Crippen MR) is 93.0 cm³/mol. The Hall–Kier alpha value is -1.63. The maximum Gasteiger partial charge on any atom is 0.235 e. The van der Waals surface area contributed by atoms with Crippen molar-refractivity contribution in [2.75, 3.05) is 33.9 Å². The largest absolute Gasteiger partial charge is 0.497 e. The predicted octanol–water partition coefficient (Wildman–Crippen LogP) is 2.36. The molecule has 0 atom stereocenters. The van der Waals surface area contributed by atoms with Gasteiger partial charge in [0, 0.05) is 13.5 Å². The van der Waals surface area contributed by atoms with E-state index in [-0.39, 0.29) is 17.8 Å². The van der Waals surface area contributed by atoms with Crippen molar-refractivity contribution in [3.05, 3.63) is 41.5 Å². The highest BCUT2D eigenvalue weighted by molar-refractivity contribution is 5.85. The van der Waals surface area contributed by atoms with Crippen molar-refractivity contribution in [1.29, 1.82) is 0 Å². The molecule has 0 saturated carbocycles. The molecule has 6 nitrogen and oxygen atoms in total. The Balaban J connectivity index is 0.00000208. The van der Waals surface area contributed by atoms with Crippen molar-refractivity contribution in [2.24, 2.45) is 0 Å². The SMILES string of the molecule is COCC1(c2nc(Cc3ccc(OC)cc3)no2)CCNCC1.Cl. The van der Waals surface area contributed by atoms with Gasteiger partial charge in [-0.2, -0.15) is 4.98 Å². The molecule has 1 aromatic carbocycles. The smallest absolute Gasteiger partial charge is 0.235 e. The van der Waals surface area contributed by atoms with Gasteiger partial charge in [0.2, 0.25) is 5.89 Å². The summed E-state index contributed by atoms with van der Waals surface area (Å²) < 4.78 is 16.2. The summed E-state index contributed by atoms with van der Waals surface area (Å²) in [6, 6.07) is 7.92. The zero-order valence-corrected chi connectivity index (χ0v) is 14.9. The molecule has 1 N–H and O–H groups in total. The molecular formula is C17H24ClN3O3. The van der Waals surface area contributed by atoms with Crippen LogP contribution in [-0.4, -0.2) is 44.1 Å². The van der Waals surface area contributed by atoms with E-state index in [1.165, 1.54) is 0 Å². The van der Waals surface area contributed by atoms with E-state index < -0.39 is 0 Å². The number of benzene rings is 1. The standard InChI is InChI=1S/C17H23N3O3.ClH/c1-21-12-17(7-9-18-10-8-17)16-19-15(20-23-16)11-13-3-5-14(22-2)6-4-13;/h3-6,18H,7-12H2,1-2H3;1H. The zero-order valence-electron chi connectivity index (χ0n) is 14.1. The fraction of sp³-hybridized carbons (Fsp3) is 0.529. The summed E-state index contributed by atoms with van der Waals surface area (Å²) in [6.45, 7) is 2.50. The third-order valence-corrected chi connectivity index (χ3v) is 4.42. The molecule has 132 valence electrons. The maximum atomic E-state index is 5.58. The molecule has 0 bridgehead atoms. The summed E-state index contributed by atoms with van der Waals surface area (Å²) in [5, 5.41) is 7.53. The molecule has 0 aliphatic carbocycles. The summed E-state index contributed by atoms with van der Waals surface area (Å²) >= 11 is 0. The molecule has 0 amide bonds. The molecule has 1 saturated heterocycles. The van der Waals surface area contributed by atoms with Gasteiger partial charge >= 0.3 is 0 Å². The lowest BCUT2D eigenvalue weighted by Gasteiger charge is -2.33. The molecular weight excluding hydrogens is 330 g/mol. The molecule has 1 aliphatic heterocycles. The summed E-state index contributed by atoms with van der Waals surface area (Å²) in [5.74, 6) is 2.25. The van der Waals surface area contributed by atoms with Crippen LogP contribution in [0.5, 0.6) is 5.75 Å². The van der Waals surface area contributed by atoms with E-state index in [0.717, 1.165) is 37.2 Å². The van der Waals surface area contributed by atoms with Crippen LogP contribution in [0.4, 0.5) is 0 Å². The lowest BCUT2D eigenvalue weighted by atomic mass is 9.79. The van der Waals surface area contributed by atoms with Gasteiger partial charge in [-0.15, -0.1) is 12.4 Å². The van der Waals surface area contributed by atoms with Crippen LogP contribution in [-0.2, 0) is 16.6 Å². The number of halogens is 1. The van der Waals surface area contributed by atoms with Crippen LogP contribution >= 0.6 is 12.4 Å². The second kappa shape index (κ2) is 8.46. The number of aromatic nitrogens is 2. The van der Waals surface area contributed by atoms with Gasteiger partial charge in [0.05, 0.1) is 19.1 Å². The van der Waals surface area contributed by atoms with Crippen LogP contribution in [0, 0.1) is 0 Å². The first-order valence-corrected chi connectivity index (χ1v) is 7.91. The molecule has 1 fully saturated rings.